The fraction of sp³-hybridized carbons (Fsp3) is 0.200. The van der Waals surface area contributed by atoms with Crippen molar-refractivity contribution in [2.24, 2.45) is 0 Å². The first-order chi connectivity index (χ1) is 18.2. The molecule has 0 aromatic heterocycles. The number of fused-ring (bicyclic) bond motifs is 1. The van der Waals surface area contributed by atoms with Crippen LogP contribution in [0.1, 0.15) is 12.5 Å². The number of hydrogen-bond acceptors (Lipinski definition) is 6. The Morgan fingerprint density at radius 1 is 0.974 bits per heavy atom. The third kappa shape index (κ3) is 6.39. The number of halogens is 4. The largest absolute Gasteiger partial charge is 0.423 e. The second-order valence-corrected chi connectivity index (χ2v) is 10.3. The number of likely N-dealkylation sites (N-methyl/N-ethyl adjacent to an activating group) is 1. The first kappa shape index (κ1) is 27.7. The molecule has 0 saturated heterocycles. The molecule has 1 aliphatic heterocycles. The minimum Gasteiger partial charge on any atom is -0.423 e. The van der Waals surface area contributed by atoms with Crippen LogP contribution in [0.4, 0.5) is 28.0 Å². The van der Waals surface area contributed by atoms with Crippen molar-refractivity contribution in [2.75, 3.05) is 11.9 Å². The van der Waals surface area contributed by atoms with Gasteiger partial charge in [0.05, 0.1) is 0 Å². The van der Waals surface area contributed by atoms with Gasteiger partial charge in [0.15, 0.2) is 11.5 Å². The Morgan fingerprint density at radius 2 is 1.62 bits per heavy atom. The number of hydrogen-bond donors (Lipinski definition) is 2. The van der Waals surface area contributed by atoms with Crippen molar-refractivity contribution in [1.82, 2.24) is 10.0 Å². The highest BCUT2D eigenvalue weighted by Crippen LogP contribution is 2.42. The highest BCUT2D eigenvalue weighted by atomic mass is 32.2. The van der Waals surface area contributed by atoms with E-state index in [1.807, 2.05) is 0 Å². The van der Waals surface area contributed by atoms with Crippen LogP contribution < -0.4 is 24.4 Å². The first-order valence-corrected chi connectivity index (χ1v) is 12.7. The molecule has 3 aromatic rings. The molecule has 4 rings (SSSR count). The smallest absolute Gasteiger partial charge is 0.404 e. The van der Waals surface area contributed by atoms with E-state index in [2.05, 4.69) is 5.32 Å². The molecule has 0 fully saturated rings. The summed E-state index contributed by atoms with van der Waals surface area (Å²) in [5.41, 5.74) is 0.132. The molecule has 206 valence electrons. The van der Waals surface area contributed by atoms with Crippen LogP contribution in [0.25, 0.3) is 0 Å². The molecular weight excluding hydrogens is 546 g/mol. The molecule has 0 bridgehead atoms. The quantitative estimate of drug-likeness (QED) is 0.420. The molecule has 0 aliphatic carbocycles. The van der Waals surface area contributed by atoms with Crippen LogP contribution in [0.15, 0.2) is 65.6 Å². The predicted molar refractivity (Wildman–Crippen MR) is 130 cm³/mol. The van der Waals surface area contributed by atoms with Gasteiger partial charge in [-0.05, 0) is 42.0 Å². The summed E-state index contributed by atoms with van der Waals surface area (Å²) in [7, 11) is -3.39. The van der Waals surface area contributed by atoms with E-state index < -0.39 is 62.8 Å². The van der Waals surface area contributed by atoms with Crippen LogP contribution in [-0.2, 0) is 21.2 Å². The highest BCUT2D eigenvalue weighted by Gasteiger charge is 2.37. The van der Waals surface area contributed by atoms with Gasteiger partial charge >= 0.3 is 12.1 Å². The summed E-state index contributed by atoms with van der Waals surface area (Å²) in [6.07, 6.45) is -0.460. The molecule has 14 heteroatoms. The van der Waals surface area contributed by atoms with E-state index in [9.17, 15) is 35.6 Å². The van der Waals surface area contributed by atoms with Gasteiger partial charge in [-0.3, -0.25) is 4.79 Å². The van der Waals surface area contributed by atoms with Gasteiger partial charge in [-0.25, -0.2) is 31.1 Å². The fourth-order valence-corrected chi connectivity index (χ4v) is 4.83. The molecule has 1 aliphatic rings. The Hall–Kier alpha value is -4.33. The number of carbonyl (C=O) groups excluding carboxylic acids is 2. The van der Waals surface area contributed by atoms with Crippen LogP contribution >= 0.6 is 0 Å². The Balaban J connectivity index is 1.59. The monoisotopic (exact) mass is 567 g/mol. The number of alkyl halides is 1. The van der Waals surface area contributed by atoms with Crippen LogP contribution in [0.3, 0.4) is 0 Å². The Kier molecular flexibility index (Phi) is 7.41. The van der Waals surface area contributed by atoms with Gasteiger partial charge in [-0.15, -0.1) is 0 Å². The summed E-state index contributed by atoms with van der Waals surface area (Å²) in [4.78, 5) is 26.3. The SMILES string of the molecule is CN(C(=O)[C@H](Cc1cc(F)cc(F)c1)NC(=O)NS(=O)(=O)c1ccccc1F)c1ccc2c(c1)OC(C)(F)O2. The predicted octanol–water partition coefficient (Wildman–Crippen LogP) is 3.78. The van der Waals surface area contributed by atoms with Crippen molar-refractivity contribution in [1.29, 1.82) is 0 Å². The van der Waals surface area contributed by atoms with E-state index in [0.29, 0.717) is 6.07 Å². The third-order valence-corrected chi connectivity index (χ3v) is 6.91. The lowest BCUT2D eigenvalue weighted by Crippen LogP contribution is -2.52. The molecule has 39 heavy (non-hydrogen) atoms. The topological polar surface area (TPSA) is 114 Å². The minimum atomic E-state index is -4.69. The number of ether oxygens (including phenoxy) is 2. The van der Waals surface area contributed by atoms with Gasteiger partial charge in [0, 0.05) is 38.2 Å². The summed E-state index contributed by atoms with van der Waals surface area (Å²) < 4.78 is 92.3. The van der Waals surface area contributed by atoms with Gasteiger partial charge in [-0.1, -0.05) is 12.1 Å². The number of sulfonamides is 1. The normalized spacial score (nSPS) is 16.9. The maximum atomic E-state index is 14.0. The molecule has 0 radical (unpaired) electrons. The van der Waals surface area contributed by atoms with E-state index in [0.717, 1.165) is 36.1 Å². The molecule has 0 saturated carbocycles. The molecular formula is C25H21F4N3O6S. The molecule has 0 spiro atoms. The second-order valence-electron chi connectivity index (χ2n) is 8.61. The summed E-state index contributed by atoms with van der Waals surface area (Å²) in [6, 6.07) is 5.42. The molecule has 2 N–H and O–H groups in total. The summed E-state index contributed by atoms with van der Waals surface area (Å²) in [5, 5.41) is 2.16. The van der Waals surface area contributed by atoms with E-state index in [-0.39, 0.29) is 22.7 Å². The van der Waals surface area contributed by atoms with E-state index >= 15 is 0 Å². The van der Waals surface area contributed by atoms with E-state index in [1.54, 1.807) is 4.72 Å². The molecule has 3 amide bonds. The van der Waals surface area contributed by atoms with Crippen molar-refractivity contribution in [3.8, 4) is 11.5 Å². The number of benzene rings is 3. The lowest BCUT2D eigenvalue weighted by molar-refractivity contribution is -0.173. The maximum Gasteiger partial charge on any atom is 0.404 e. The molecule has 1 heterocycles. The molecule has 9 nitrogen and oxygen atoms in total. The zero-order chi connectivity index (χ0) is 28.5. The van der Waals surface area contributed by atoms with E-state index in [4.69, 9.17) is 9.47 Å². The lowest BCUT2D eigenvalue weighted by Gasteiger charge is -2.25. The molecule has 3 aromatic carbocycles. The number of amides is 3. The van der Waals surface area contributed by atoms with Crippen LogP contribution in [0.5, 0.6) is 11.5 Å². The second kappa shape index (κ2) is 10.4. The number of urea groups is 1. The first-order valence-electron chi connectivity index (χ1n) is 11.3. The zero-order valence-corrected chi connectivity index (χ0v) is 21.2. The minimum absolute atomic E-state index is 0.0115. The van der Waals surface area contributed by atoms with Crippen molar-refractivity contribution >= 4 is 27.6 Å². The molecule has 1 unspecified atom stereocenters. The van der Waals surface area contributed by atoms with Gasteiger partial charge in [0.2, 0.25) is 5.91 Å². The Bertz CT molecular complexity index is 1530. The van der Waals surface area contributed by atoms with Crippen molar-refractivity contribution in [3.63, 3.8) is 0 Å². The van der Waals surface area contributed by atoms with Crippen LogP contribution in [0.2, 0.25) is 0 Å². The summed E-state index contributed by atoms with van der Waals surface area (Å²) >= 11 is 0. The lowest BCUT2D eigenvalue weighted by atomic mass is 10.0. The number of anilines is 1. The average Bonchev–Trinajstić information content (AvgIpc) is 3.14. The third-order valence-electron chi connectivity index (χ3n) is 5.55. The van der Waals surface area contributed by atoms with Crippen molar-refractivity contribution in [3.05, 3.63) is 83.7 Å². The average molecular weight is 568 g/mol. The van der Waals surface area contributed by atoms with Crippen LogP contribution in [0, 0.1) is 17.5 Å². The van der Waals surface area contributed by atoms with Gasteiger partial charge in [0.25, 0.3) is 10.0 Å². The fourth-order valence-electron chi connectivity index (χ4n) is 3.84. The van der Waals surface area contributed by atoms with Gasteiger partial charge < -0.3 is 19.7 Å². The van der Waals surface area contributed by atoms with Crippen molar-refractivity contribution in [2.45, 2.75) is 30.3 Å². The summed E-state index contributed by atoms with van der Waals surface area (Å²) in [6.45, 7) is 1.04. The highest BCUT2D eigenvalue weighted by molar-refractivity contribution is 7.90. The number of nitrogens with one attached hydrogen (secondary N) is 2. The number of rotatable bonds is 7. The van der Waals surface area contributed by atoms with Crippen molar-refractivity contribution < 1.29 is 45.0 Å². The molecule has 2 atom stereocenters. The van der Waals surface area contributed by atoms with Crippen LogP contribution in [-0.4, -0.2) is 39.5 Å². The van der Waals surface area contributed by atoms with Gasteiger partial charge in [0.1, 0.15) is 28.4 Å². The number of nitrogens with zero attached hydrogens (tertiary/aromatic N) is 1. The Morgan fingerprint density at radius 3 is 2.28 bits per heavy atom. The maximum absolute atomic E-state index is 14.0. The van der Waals surface area contributed by atoms with E-state index in [1.165, 1.54) is 37.4 Å². The zero-order valence-electron chi connectivity index (χ0n) is 20.4. The standard InChI is InChI=1S/C25H21F4N3O6S/c1-25(29)37-20-8-7-17(13-21(20)38-25)32(2)23(33)19(11-14-9-15(26)12-16(27)10-14)30-24(34)31-39(35,36)22-6-4-3-5-18(22)28/h3-10,12-13,19H,11H2,1-2H3,(H2,30,31,34)/t19-,25?/m0/s1. The van der Waals surface area contributed by atoms with Gasteiger partial charge in [-0.2, -0.15) is 4.39 Å². The summed E-state index contributed by atoms with van der Waals surface area (Å²) in [5.74, 6) is -3.79. The number of carbonyl (C=O) groups is 2. The Labute approximate surface area is 220 Å².